The number of rotatable bonds is 7. The molecule has 1 fully saturated rings. The molecule has 86 valence electrons. The van der Waals surface area contributed by atoms with Gasteiger partial charge in [0.25, 0.3) is 0 Å². The number of ether oxygens (including phenoxy) is 2. The highest BCUT2D eigenvalue weighted by Gasteiger charge is 2.38. The quantitative estimate of drug-likeness (QED) is 0.599. The molecule has 2 nitrogen and oxygen atoms in total. The normalized spacial score (nSPS) is 23.9. The monoisotopic (exact) mass is 210 g/mol. The Morgan fingerprint density at radius 2 is 2.00 bits per heavy atom. The van der Waals surface area contributed by atoms with Gasteiger partial charge in [0.15, 0.2) is 6.29 Å². The Balaban J connectivity index is 2.47. The van der Waals surface area contributed by atoms with Gasteiger partial charge in [-0.15, -0.1) is 13.2 Å². The maximum Gasteiger partial charge on any atom is 0.158 e. The second-order valence-corrected chi connectivity index (χ2v) is 4.17. The van der Waals surface area contributed by atoms with Crippen LogP contribution in [0.4, 0.5) is 0 Å². The Bertz CT molecular complexity index is 201. The summed E-state index contributed by atoms with van der Waals surface area (Å²) in [6, 6.07) is 0. The molecule has 0 aromatic rings. The first kappa shape index (κ1) is 12.5. The summed E-state index contributed by atoms with van der Waals surface area (Å²) in [6.45, 7) is 10.4. The van der Waals surface area contributed by atoms with Crippen LogP contribution < -0.4 is 0 Å². The summed E-state index contributed by atoms with van der Waals surface area (Å²) in [4.78, 5) is 0. The highest BCUT2D eigenvalue weighted by molar-refractivity contribution is 4.96. The highest BCUT2D eigenvalue weighted by atomic mass is 16.7. The molecule has 0 saturated carbocycles. The Kier molecular flexibility index (Phi) is 5.06. The van der Waals surface area contributed by atoms with Gasteiger partial charge in [-0.05, 0) is 25.7 Å². The fourth-order valence-corrected chi connectivity index (χ4v) is 1.93. The molecule has 1 saturated heterocycles. The fraction of sp³-hybridized carbons (Fsp3) is 0.692. The van der Waals surface area contributed by atoms with E-state index in [1.807, 2.05) is 12.2 Å². The zero-order valence-corrected chi connectivity index (χ0v) is 9.71. The smallest absolute Gasteiger partial charge is 0.158 e. The van der Waals surface area contributed by atoms with E-state index in [4.69, 9.17) is 9.47 Å². The lowest BCUT2D eigenvalue weighted by molar-refractivity contribution is -0.0918. The van der Waals surface area contributed by atoms with E-state index in [0.717, 1.165) is 25.7 Å². The van der Waals surface area contributed by atoms with E-state index < -0.39 is 0 Å². The lowest BCUT2D eigenvalue weighted by Crippen LogP contribution is -2.31. The Labute approximate surface area is 93.0 Å². The molecule has 1 heterocycles. The Morgan fingerprint density at radius 1 is 1.33 bits per heavy atom. The summed E-state index contributed by atoms with van der Waals surface area (Å²) < 4.78 is 11.6. The van der Waals surface area contributed by atoms with E-state index in [-0.39, 0.29) is 11.9 Å². The van der Waals surface area contributed by atoms with Crippen LogP contribution in [-0.2, 0) is 9.47 Å². The van der Waals surface area contributed by atoms with Crippen LogP contribution in [0.2, 0.25) is 0 Å². The summed E-state index contributed by atoms with van der Waals surface area (Å²) >= 11 is 0. The van der Waals surface area contributed by atoms with Gasteiger partial charge >= 0.3 is 0 Å². The van der Waals surface area contributed by atoms with Crippen molar-refractivity contribution in [3.05, 3.63) is 25.3 Å². The Hall–Kier alpha value is -0.600. The van der Waals surface area contributed by atoms with Crippen LogP contribution in [0.1, 0.15) is 39.0 Å². The number of hydrogen-bond acceptors (Lipinski definition) is 2. The van der Waals surface area contributed by atoms with E-state index in [1.165, 1.54) is 6.42 Å². The average Bonchev–Trinajstić information content (AvgIpc) is 2.60. The minimum Gasteiger partial charge on any atom is -0.350 e. The van der Waals surface area contributed by atoms with Crippen LogP contribution in [0.25, 0.3) is 0 Å². The molecule has 0 aliphatic carbocycles. The van der Waals surface area contributed by atoms with Crippen molar-refractivity contribution in [3.8, 4) is 0 Å². The molecule has 1 rings (SSSR count). The van der Waals surface area contributed by atoms with Gasteiger partial charge in [0.05, 0.1) is 6.61 Å². The van der Waals surface area contributed by atoms with Crippen molar-refractivity contribution < 1.29 is 9.47 Å². The van der Waals surface area contributed by atoms with Gasteiger partial charge in [0.1, 0.15) is 5.60 Å². The number of unbranched alkanes of at least 4 members (excludes halogenated alkanes) is 1. The predicted octanol–water partition coefficient (Wildman–Crippen LogP) is 3.44. The third-order valence-corrected chi connectivity index (χ3v) is 2.74. The largest absolute Gasteiger partial charge is 0.350 e. The van der Waals surface area contributed by atoms with Gasteiger partial charge in [-0.2, -0.15) is 0 Å². The minimum atomic E-state index is -0.193. The van der Waals surface area contributed by atoms with Crippen molar-refractivity contribution in [1.82, 2.24) is 0 Å². The van der Waals surface area contributed by atoms with E-state index in [0.29, 0.717) is 6.61 Å². The van der Waals surface area contributed by atoms with Gasteiger partial charge in [0.2, 0.25) is 0 Å². The molecule has 1 unspecified atom stereocenters. The third-order valence-electron chi connectivity index (χ3n) is 2.74. The van der Waals surface area contributed by atoms with Crippen molar-refractivity contribution in [2.24, 2.45) is 0 Å². The molecule has 1 aliphatic rings. The fourth-order valence-electron chi connectivity index (χ4n) is 1.93. The summed E-state index contributed by atoms with van der Waals surface area (Å²) in [6.07, 6.45) is 8.77. The maximum absolute atomic E-state index is 5.97. The molecule has 0 bridgehead atoms. The molecule has 0 aromatic heterocycles. The average molecular weight is 210 g/mol. The second-order valence-electron chi connectivity index (χ2n) is 4.17. The molecule has 15 heavy (non-hydrogen) atoms. The molecule has 2 heteroatoms. The molecule has 0 amide bonds. The first-order valence-corrected chi connectivity index (χ1v) is 5.77. The molecular formula is C13H22O2. The van der Waals surface area contributed by atoms with Crippen LogP contribution in [0.5, 0.6) is 0 Å². The minimum absolute atomic E-state index is 0.0233. The van der Waals surface area contributed by atoms with E-state index in [9.17, 15) is 0 Å². The van der Waals surface area contributed by atoms with Crippen molar-refractivity contribution in [1.29, 1.82) is 0 Å². The molecular weight excluding hydrogens is 188 g/mol. The third kappa shape index (κ3) is 3.47. The van der Waals surface area contributed by atoms with Gasteiger partial charge in [-0.3, -0.25) is 0 Å². The topological polar surface area (TPSA) is 18.5 Å². The molecule has 0 aromatic carbocycles. The van der Waals surface area contributed by atoms with Gasteiger partial charge in [0, 0.05) is 0 Å². The predicted molar refractivity (Wildman–Crippen MR) is 62.7 cm³/mol. The first-order chi connectivity index (χ1) is 7.26. The standard InChI is InChI=1S/C13H22O2/c1-4-7-8-12-14-11-13(15-12,9-5-2)10-6-3/h5-6,12H,2-4,7-11H2,1H3. The van der Waals surface area contributed by atoms with E-state index in [2.05, 4.69) is 20.1 Å². The maximum atomic E-state index is 5.97. The zero-order valence-electron chi connectivity index (χ0n) is 9.71. The van der Waals surface area contributed by atoms with E-state index in [1.54, 1.807) is 0 Å². The van der Waals surface area contributed by atoms with Gasteiger partial charge in [-0.25, -0.2) is 0 Å². The molecule has 0 N–H and O–H groups in total. The summed E-state index contributed by atoms with van der Waals surface area (Å²) in [5.41, 5.74) is -0.193. The van der Waals surface area contributed by atoms with Crippen LogP contribution in [0.3, 0.4) is 0 Å². The zero-order chi connectivity index (χ0) is 11.1. The van der Waals surface area contributed by atoms with Crippen LogP contribution in [0, 0.1) is 0 Å². The second kappa shape index (κ2) is 6.09. The van der Waals surface area contributed by atoms with Crippen molar-refractivity contribution in [2.75, 3.05) is 6.61 Å². The molecule has 1 atom stereocenters. The lowest BCUT2D eigenvalue weighted by Gasteiger charge is -2.24. The first-order valence-electron chi connectivity index (χ1n) is 5.77. The van der Waals surface area contributed by atoms with Crippen molar-refractivity contribution in [3.63, 3.8) is 0 Å². The van der Waals surface area contributed by atoms with Crippen molar-refractivity contribution >= 4 is 0 Å². The molecule has 0 radical (unpaired) electrons. The summed E-state index contributed by atoms with van der Waals surface area (Å²) in [5, 5.41) is 0. The van der Waals surface area contributed by atoms with E-state index >= 15 is 0 Å². The van der Waals surface area contributed by atoms with Gasteiger partial charge in [-0.1, -0.05) is 25.5 Å². The SMILES string of the molecule is C=CCC1(CC=C)COC(CCCC)O1. The Morgan fingerprint density at radius 3 is 2.53 bits per heavy atom. The summed E-state index contributed by atoms with van der Waals surface area (Å²) in [5.74, 6) is 0. The lowest BCUT2D eigenvalue weighted by atomic mass is 9.97. The van der Waals surface area contributed by atoms with Crippen LogP contribution >= 0.6 is 0 Å². The van der Waals surface area contributed by atoms with Crippen LogP contribution in [0.15, 0.2) is 25.3 Å². The summed E-state index contributed by atoms with van der Waals surface area (Å²) in [7, 11) is 0. The van der Waals surface area contributed by atoms with Crippen LogP contribution in [-0.4, -0.2) is 18.5 Å². The number of hydrogen-bond donors (Lipinski definition) is 0. The highest BCUT2D eigenvalue weighted by Crippen LogP contribution is 2.32. The molecule has 1 aliphatic heterocycles. The molecule has 0 spiro atoms. The van der Waals surface area contributed by atoms with Crippen molar-refractivity contribution in [2.45, 2.75) is 50.9 Å². The van der Waals surface area contributed by atoms with Gasteiger partial charge < -0.3 is 9.47 Å².